The molecule has 2 aromatic heterocycles. The van der Waals surface area contributed by atoms with Gasteiger partial charge in [0.05, 0.1) is 12.8 Å². The van der Waals surface area contributed by atoms with Crippen LogP contribution in [0, 0.1) is 0 Å². The number of ether oxygens (including phenoxy) is 1. The maximum Gasteiger partial charge on any atom is 0.206 e. The van der Waals surface area contributed by atoms with Crippen molar-refractivity contribution in [2.24, 2.45) is 0 Å². The van der Waals surface area contributed by atoms with Gasteiger partial charge in [0.25, 0.3) is 0 Å². The first-order valence-corrected chi connectivity index (χ1v) is 8.37. The molecule has 0 unspecified atom stereocenters. The molecule has 0 atom stereocenters. The molecule has 0 bridgehead atoms. The van der Waals surface area contributed by atoms with Crippen LogP contribution in [0.25, 0.3) is 16.6 Å². The third kappa shape index (κ3) is 2.65. The summed E-state index contributed by atoms with van der Waals surface area (Å²) in [6.45, 7) is 0. The van der Waals surface area contributed by atoms with E-state index in [1.165, 1.54) is 0 Å². The Kier molecular flexibility index (Phi) is 3.90. The number of hydrogen-bond acceptors (Lipinski definition) is 4. The van der Waals surface area contributed by atoms with Gasteiger partial charge in [0, 0.05) is 28.0 Å². The molecule has 0 amide bonds. The minimum Gasteiger partial charge on any atom is -0.494 e. The predicted octanol–water partition coefficient (Wildman–Crippen LogP) is 4.37. The van der Waals surface area contributed by atoms with Gasteiger partial charge in [-0.05, 0) is 29.8 Å². The van der Waals surface area contributed by atoms with Gasteiger partial charge in [-0.15, -0.1) is 0 Å². The molecule has 0 aliphatic heterocycles. The van der Waals surface area contributed by atoms with Gasteiger partial charge >= 0.3 is 0 Å². The van der Waals surface area contributed by atoms with Crippen molar-refractivity contribution in [3.8, 4) is 5.75 Å². The zero-order valence-corrected chi connectivity index (χ0v) is 14.8. The monoisotopic (exact) mass is 372 g/mol. The smallest absolute Gasteiger partial charge is 0.206 e. The highest BCUT2D eigenvalue weighted by Crippen LogP contribution is 2.30. The average Bonchev–Trinajstić information content (AvgIpc) is 3.03. The quantitative estimate of drug-likeness (QED) is 0.579. The maximum absolute atomic E-state index is 6.27. The van der Waals surface area contributed by atoms with E-state index in [1.807, 2.05) is 42.6 Å². The molecule has 0 aliphatic rings. The highest BCUT2D eigenvalue weighted by atomic mass is 35.5. The van der Waals surface area contributed by atoms with Crippen LogP contribution >= 0.6 is 23.2 Å². The van der Waals surface area contributed by atoms with Crippen LogP contribution in [0.2, 0.25) is 10.0 Å². The normalized spacial score (nSPS) is 11.3. The highest BCUT2D eigenvalue weighted by molar-refractivity contribution is 6.36. The van der Waals surface area contributed by atoms with Crippen LogP contribution in [0.1, 0.15) is 11.3 Å². The lowest BCUT2D eigenvalue weighted by atomic mass is 10.1. The van der Waals surface area contributed by atoms with E-state index in [0.717, 1.165) is 22.3 Å². The summed E-state index contributed by atoms with van der Waals surface area (Å²) in [4.78, 5) is 9.18. The average molecular weight is 373 g/mol. The van der Waals surface area contributed by atoms with Crippen LogP contribution in [0.5, 0.6) is 5.75 Å². The first-order chi connectivity index (χ1) is 12.1. The van der Waals surface area contributed by atoms with Gasteiger partial charge in [0.15, 0.2) is 0 Å². The molecule has 0 fully saturated rings. The maximum atomic E-state index is 6.27. The molecule has 0 spiro atoms. The fraction of sp³-hybridized carbons (Fsp3) is 0.111. The van der Waals surface area contributed by atoms with E-state index < -0.39 is 0 Å². The van der Waals surface area contributed by atoms with Crippen molar-refractivity contribution in [3.63, 3.8) is 0 Å². The minimum atomic E-state index is 0.344. The number of rotatable bonds is 3. The van der Waals surface area contributed by atoms with Crippen molar-refractivity contribution < 1.29 is 4.74 Å². The third-order valence-corrected chi connectivity index (χ3v) is 4.82. The molecule has 2 aromatic carbocycles. The summed E-state index contributed by atoms with van der Waals surface area (Å²) < 4.78 is 7.14. The molecule has 0 saturated heterocycles. The van der Waals surface area contributed by atoms with Crippen LogP contribution in [0.15, 0.2) is 42.6 Å². The summed E-state index contributed by atoms with van der Waals surface area (Å²) >= 11 is 12.5. The van der Waals surface area contributed by atoms with Crippen LogP contribution in [-0.2, 0) is 6.42 Å². The summed E-state index contributed by atoms with van der Waals surface area (Å²) in [6.07, 6.45) is 2.36. The van der Waals surface area contributed by atoms with Gasteiger partial charge in [-0.3, -0.25) is 4.40 Å². The molecular weight excluding hydrogens is 359 g/mol. The fourth-order valence-electron chi connectivity index (χ4n) is 2.91. The minimum absolute atomic E-state index is 0.344. The van der Waals surface area contributed by atoms with E-state index in [1.54, 1.807) is 11.5 Å². The molecule has 0 saturated carbocycles. The van der Waals surface area contributed by atoms with Gasteiger partial charge < -0.3 is 10.5 Å². The summed E-state index contributed by atoms with van der Waals surface area (Å²) in [6, 6.07) is 11.1. The fourth-order valence-corrected chi connectivity index (χ4v) is 3.44. The van der Waals surface area contributed by atoms with Crippen LogP contribution < -0.4 is 10.5 Å². The summed E-state index contributed by atoms with van der Waals surface area (Å²) in [5.74, 6) is 1.00. The summed E-state index contributed by atoms with van der Waals surface area (Å²) in [5.41, 5.74) is 9.16. The Balaban J connectivity index is 1.91. The molecule has 126 valence electrons. The zero-order valence-electron chi connectivity index (χ0n) is 13.3. The van der Waals surface area contributed by atoms with Gasteiger partial charge in [0.1, 0.15) is 16.9 Å². The number of nitrogen functional groups attached to an aromatic ring is 1. The summed E-state index contributed by atoms with van der Waals surface area (Å²) in [7, 11) is 1.60. The topological polar surface area (TPSA) is 65.4 Å². The van der Waals surface area contributed by atoms with E-state index in [-0.39, 0.29) is 0 Å². The Morgan fingerprint density at radius 1 is 1.08 bits per heavy atom. The number of fused-ring (bicyclic) bond motifs is 3. The number of aromatic nitrogens is 3. The first kappa shape index (κ1) is 16.0. The van der Waals surface area contributed by atoms with Crippen LogP contribution in [0.4, 0.5) is 5.95 Å². The molecule has 5 nitrogen and oxygen atoms in total. The van der Waals surface area contributed by atoms with Gasteiger partial charge in [-0.25, -0.2) is 9.97 Å². The summed E-state index contributed by atoms with van der Waals surface area (Å²) in [5, 5.41) is 2.09. The lowest BCUT2D eigenvalue weighted by Gasteiger charge is -2.07. The van der Waals surface area contributed by atoms with Crippen molar-refractivity contribution in [2.75, 3.05) is 12.8 Å². The number of nitrogens with two attached hydrogens (primary N) is 1. The second kappa shape index (κ2) is 6.10. The molecule has 2 heterocycles. The van der Waals surface area contributed by atoms with E-state index in [9.17, 15) is 0 Å². The van der Waals surface area contributed by atoms with Crippen molar-refractivity contribution >= 4 is 45.7 Å². The Morgan fingerprint density at radius 3 is 2.52 bits per heavy atom. The predicted molar refractivity (Wildman–Crippen MR) is 101 cm³/mol. The Bertz CT molecular complexity index is 1090. The van der Waals surface area contributed by atoms with Crippen molar-refractivity contribution in [1.29, 1.82) is 0 Å². The molecule has 4 rings (SSSR count). The number of halogens is 2. The number of imidazole rings is 1. The highest BCUT2D eigenvalue weighted by Gasteiger charge is 2.15. The third-order valence-electron chi connectivity index (χ3n) is 4.11. The molecule has 4 aromatic rings. The zero-order chi connectivity index (χ0) is 17.6. The number of hydrogen-bond donors (Lipinski definition) is 1. The molecule has 0 aliphatic carbocycles. The SMILES string of the molecule is COc1cccc2c1nc(N)n1cc(Cc3c(Cl)cccc3Cl)nc21. The second-order valence-corrected chi connectivity index (χ2v) is 6.44. The largest absolute Gasteiger partial charge is 0.494 e. The van der Waals surface area contributed by atoms with E-state index in [2.05, 4.69) is 4.98 Å². The van der Waals surface area contributed by atoms with Crippen molar-refractivity contribution in [1.82, 2.24) is 14.4 Å². The lowest BCUT2D eigenvalue weighted by molar-refractivity contribution is 0.419. The number of nitrogens with zero attached hydrogens (tertiary/aromatic N) is 3. The number of methoxy groups -OCH3 is 1. The van der Waals surface area contributed by atoms with E-state index in [4.69, 9.17) is 38.7 Å². The van der Waals surface area contributed by atoms with Gasteiger partial charge in [-0.2, -0.15) is 0 Å². The Labute approximate surface area is 154 Å². The van der Waals surface area contributed by atoms with E-state index >= 15 is 0 Å². The standard InChI is InChI=1S/C18H14Cl2N4O/c1-25-15-7-2-4-11-16(15)23-18(21)24-9-10(22-17(11)24)8-12-13(19)5-3-6-14(12)20/h2-7,9H,8H2,1H3,(H2,21,23). The van der Waals surface area contributed by atoms with E-state index in [0.29, 0.717) is 33.7 Å². The molecule has 0 radical (unpaired) electrons. The molecule has 25 heavy (non-hydrogen) atoms. The van der Waals surface area contributed by atoms with Gasteiger partial charge in [-0.1, -0.05) is 35.3 Å². The number of anilines is 1. The Hall–Kier alpha value is -2.50. The molecular formula is C18H14Cl2N4O. The van der Waals surface area contributed by atoms with Gasteiger partial charge in [0.2, 0.25) is 5.95 Å². The Morgan fingerprint density at radius 2 is 1.80 bits per heavy atom. The van der Waals surface area contributed by atoms with Crippen LogP contribution in [0.3, 0.4) is 0 Å². The lowest BCUT2D eigenvalue weighted by Crippen LogP contribution is -2.01. The first-order valence-electron chi connectivity index (χ1n) is 7.61. The van der Waals surface area contributed by atoms with Crippen molar-refractivity contribution in [2.45, 2.75) is 6.42 Å². The van der Waals surface area contributed by atoms with Crippen molar-refractivity contribution in [3.05, 3.63) is 63.9 Å². The number of para-hydroxylation sites is 1. The second-order valence-electron chi connectivity index (χ2n) is 5.63. The van der Waals surface area contributed by atoms with Crippen LogP contribution in [-0.4, -0.2) is 21.5 Å². The molecule has 2 N–H and O–H groups in total. The number of benzene rings is 2. The molecule has 7 heteroatoms.